The second-order valence-electron chi connectivity index (χ2n) is 10.1. The third kappa shape index (κ3) is 6.58. The maximum Gasteiger partial charge on any atom is 0.295 e. The van der Waals surface area contributed by atoms with Crippen LogP contribution in [0.1, 0.15) is 97.4 Å². The maximum absolute atomic E-state index is 3.00. The lowest BCUT2D eigenvalue weighted by atomic mass is 9.75. The molecule has 0 aliphatic heterocycles. The van der Waals surface area contributed by atoms with Crippen molar-refractivity contribution in [1.29, 1.82) is 0 Å². The number of fused-ring (bicyclic) bond motifs is 6. The van der Waals surface area contributed by atoms with Crippen LogP contribution in [0.15, 0.2) is 74.0 Å². The smallest absolute Gasteiger partial charge is 0.232 e. The van der Waals surface area contributed by atoms with Crippen LogP contribution in [0.25, 0.3) is 38.6 Å². The fraction of sp³-hybridized carbons (Fsp3) is 0.410. The van der Waals surface area contributed by atoms with Crippen molar-refractivity contribution in [2.24, 2.45) is 7.05 Å². The van der Waals surface area contributed by atoms with Crippen molar-refractivity contribution < 1.29 is 4.57 Å². The molecule has 0 aliphatic rings. The van der Waals surface area contributed by atoms with Gasteiger partial charge in [0, 0.05) is 16.3 Å². The first-order valence-electron chi connectivity index (χ1n) is 15.7. The molecule has 0 amide bonds. The lowest BCUT2D eigenvalue weighted by Gasteiger charge is -2.28. The van der Waals surface area contributed by atoms with Crippen LogP contribution in [0.2, 0.25) is 0 Å². The maximum atomic E-state index is 3.00. The van der Waals surface area contributed by atoms with Gasteiger partial charge in [0.1, 0.15) is 11.7 Å². The zero-order valence-electron chi connectivity index (χ0n) is 28.5. The van der Waals surface area contributed by atoms with Gasteiger partial charge in [-0.15, -0.1) is 13.2 Å². The summed E-state index contributed by atoms with van der Waals surface area (Å²) >= 11 is 0. The topological polar surface area (TPSA) is 8.29 Å². The molecular formula is C39H57N2+. The molecule has 3 aromatic carbocycles. The summed E-state index contributed by atoms with van der Waals surface area (Å²) in [7, 11) is 2.21. The standard InChI is InChI=1S/C31H35N2.3C2H6.C2H4/c1-8-31(6,9-2)25-15-11-14-23-24-18-20(3)16-17-26(24)33-27(19-32(7)30(33)29(23)25)28-21(4)12-10-13-22(28)5;4*1-2/h10-19H,8-9H2,1-7H3;3*1-2H3;1-2H2/q+1;;;;. The molecule has 0 spiro atoms. The number of rotatable bonds is 4. The molecule has 2 heterocycles. The number of aromatic nitrogens is 2. The third-order valence-corrected chi connectivity index (χ3v) is 8.02. The molecular weight excluding hydrogens is 496 g/mol. The van der Waals surface area contributed by atoms with Crippen molar-refractivity contribution in [1.82, 2.24) is 4.40 Å². The number of hydrogen-bond acceptors (Lipinski definition) is 0. The van der Waals surface area contributed by atoms with Crippen molar-refractivity contribution >= 4 is 27.3 Å². The molecule has 2 heteroatoms. The zero-order chi connectivity index (χ0) is 31.5. The first kappa shape index (κ1) is 35.6. The van der Waals surface area contributed by atoms with E-state index in [-0.39, 0.29) is 5.41 Å². The molecule has 0 fully saturated rings. The highest BCUT2D eigenvalue weighted by molar-refractivity contribution is 6.13. The van der Waals surface area contributed by atoms with E-state index in [9.17, 15) is 0 Å². The first-order chi connectivity index (χ1) is 19.8. The fourth-order valence-corrected chi connectivity index (χ4v) is 5.71. The van der Waals surface area contributed by atoms with Crippen LogP contribution < -0.4 is 4.57 Å². The van der Waals surface area contributed by atoms with Gasteiger partial charge in [0.15, 0.2) is 5.69 Å². The molecule has 5 rings (SSSR count). The summed E-state index contributed by atoms with van der Waals surface area (Å²) in [5, 5.41) is 4.08. The van der Waals surface area contributed by atoms with E-state index >= 15 is 0 Å². The minimum absolute atomic E-state index is 0.132. The van der Waals surface area contributed by atoms with Crippen molar-refractivity contribution in [3.05, 3.63) is 96.2 Å². The number of imidazole rings is 1. The third-order valence-electron chi connectivity index (χ3n) is 8.02. The summed E-state index contributed by atoms with van der Waals surface area (Å²) in [5.41, 5.74) is 10.7. The van der Waals surface area contributed by atoms with Gasteiger partial charge in [-0.2, -0.15) is 4.40 Å². The predicted octanol–water partition coefficient (Wildman–Crippen LogP) is 11.6. The normalized spacial score (nSPS) is 10.5. The Kier molecular flexibility index (Phi) is 14.0. The van der Waals surface area contributed by atoms with Gasteiger partial charge in [-0.3, -0.25) is 0 Å². The van der Waals surface area contributed by atoms with Crippen LogP contribution in [0.4, 0.5) is 0 Å². The highest BCUT2D eigenvalue weighted by Gasteiger charge is 2.31. The van der Waals surface area contributed by atoms with Crippen LogP contribution in [0.3, 0.4) is 0 Å². The molecule has 41 heavy (non-hydrogen) atoms. The second kappa shape index (κ2) is 16.2. The highest BCUT2D eigenvalue weighted by atomic mass is 15.1. The molecule has 0 saturated carbocycles. The predicted molar refractivity (Wildman–Crippen MR) is 186 cm³/mol. The minimum Gasteiger partial charge on any atom is -0.232 e. The van der Waals surface area contributed by atoms with Crippen LogP contribution in [-0.4, -0.2) is 4.40 Å². The molecule has 0 saturated heterocycles. The first-order valence-corrected chi connectivity index (χ1v) is 15.7. The molecule has 0 bridgehead atoms. The zero-order valence-corrected chi connectivity index (χ0v) is 28.5. The monoisotopic (exact) mass is 553 g/mol. The van der Waals surface area contributed by atoms with Crippen molar-refractivity contribution in [2.45, 2.75) is 101 Å². The Morgan fingerprint density at radius 1 is 0.756 bits per heavy atom. The second-order valence-corrected chi connectivity index (χ2v) is 10.1. The van der Waals surface area contributed by atoms with Gasteiger partial charge in [0.05, 0.1) is 12.4 Å². The van der Waals surface area contributed by atoms with Gasteiger partial charge in [-0.25, -0.2) is 4.57 Å². The van der Waals surface area contributed by atoms with Gasteiger partial charge in [-0.05, 0) is 67.9 Å². The van der Waals surface area contributed by atoms with E-state index in [4.69, 9.17) is 0 Å². The molecule has 0 aliphatic carbocycles. The van der Waals surface area contributed by atoms with Crippen molar-refractivity contribution in [3.63, 3.8) is 0 Å². The van der Waals surface area contributed by atoms with E-state index in [0.29, 0.717) is 0 Å². The Morgan fingerprint density at radius 2 is 1.29 bits per heavy atom. The van der Waals surface area contributed by atoms with Gasteiger partial charge in [-0.1, -0.05) is 110 Å². The Morgan fingerprint density at radius 3 is 1.83 bits per heavy atom. The average molecular weight is 554 g/mol. The Labute approximate surface area is 251 Å². The summed E-state index contributed by atoms with van der Waals surface area (Å²) in [4.78, 5) is 0. The summed E-state index contributed by atoms with van der Waals surface area (Å²) in [6.07, 6.45) is 4.57. The van der Waals surface area contributed by atoms with E-state index in [1.54, 1.807) is 0 Å². The molecule has 5 aromatic rings. The van der Waals surface area contributed by atoms with Crippen molar-refractivity contribution in [3.8, 4) is 11.3 Å². The molecule has 2 nitrogen and oxygen atoms in total. The molecule has 2 aromatic heterocycles. The molecule has 0 unspecified atom stereocenters. The summed E-state index contributed by atoms with van der Waals surface area (Å²) in [6, 6.07) is 20.5. The Hall–Kier alpha value is -3.39. The van der Waals surface area contributed by atoms with E-state index < -0.39 is 0 Å². The molecule has 0 radical (unpaired) electrons. The minimum atomic E-state index is 0.132. The summed E-state index contributed by atoms with van der Waals surface area (Å²) < 4.78 is 4.86. The van der Waals surface area contributed by atoms with Crippen LogP contribution in [-0.2, 0) is 12.5 Å². The average Bonchev–Trinajstić information content (AvgIpc) is 3.36. The summed E-state index contributed by atoms with van der Waals surface area (Å²) in [5.74, 6) is 0. The van der Waals surface area contributed by atoms with E-state index in [2.05, 4.69) is 132 Å². The van der Waals surface area contributed by atoms with E-state index in [1.165, 1.54) is 60.8 Å². The Bertz CT molecular complexity index is 1530. The van der Waals surface area contributed by atoms with Gasteiger partial charge in [0.25, 0.3) is 5.65 Å². The number of hydrogen-bond donors (Lipinski definition) is 0. The number of nitrogens with zero attached hydrogens (tertiary/aromatic N) is 2. The van der Waals surface area contributed by atoms with Gasteiger partial charge >= 0.3 is 0 Å². The number of pyridine rings is 1. The molecule has 0 N–H and O–H groups in total. The van der Waals surface area contributed by atoms with Crippen LogP contribution >= 0.6 is 0 Å². The van der Waals surface area contributed by atoms with Gasteiger partial charge in [0.2, 0.25) is 0 Å². The highest BCUT2D eigenvalue weighted by Crippen LogP contribution is 2.41. The lowest BCUT2D eigenvalue weighted by Crippen LogP contribution is -2.27. The largest absolute Gasteiger partial charge is 0.295 e. The van der Waals surface area contributed by atoms with Crippen LogP contribution in [0.5, 0.6) is 0 Å². The molecule has 222 valence electrons. The van der Waals surface area contributed by atoms with E-state index in [1.807, 2.05) is 41.5 Å². The van der Waals surface area contributed by atoms with Crippen molar-refractivity contribution in [2.75, 3.05) is 0 Å². The quantitative estimate of drug-likeness (QED) is 0.119. The van der Waals surface area contributed by atoms with Gasteiger partial charge < -0.3 is 0 Å². The lowest BCUT2D eigenvalue weighted by molar-refractivity contribution is -0.643. The SMILES string of the molecule is C=C.CC.CC.CC.CCC(C)(CC)c1cccc2c3cc(C)ccc3n3c(-c4c(C)cccc4C)c[n+](C)c3c12. The number of benzene rings is 3. The molecule has 0 atom stereocenters. The van der Waals surface area contributed by atoms with Crippen LogP contribution in [0, 0.1) is 20.8 Å². The fourth-order valence-electron chi connectivity index (χ4n) is 5.71. The Balaban J connectivity index is 0.000000969. The number of aryl methyl sites for hydroxylation is 4. The van der Waals surface area contributed by atoms with E-state index in [0.717, 1.165) is 12.8 Å². The summed E-state index contributed by atoms with van der Waals surface area (Å²) in [6.45, 7) is 31.7.